The SMILES string of the molecule is COc1cn(-c2ccccc2)nc1C(=O)NC1(C(=O)O)CCSC1. The van der Waals surface area contributed by atoms with Crippen molar-refractivity contribution in [3.63, 3.8) is 0 Å². The van der Waals surface area contributed by atoms with E-state index in [1.165, 1.54) is 23.6 Å². The molecule has 24 heavy (non-hydrogen) atoms. The van der Waals surface area contributed by atoms with E-state index >= 15 is 0 Å². The van der Waals surface area contributed by atoms with Crippen LogP contribution in [-0.2, 0) is 4.79 Å². The fraction of sp³-hybridized carbons (Fsp3) is 0.312. The molecule has 1 aromatic heterocycles. The minimum atomic E-state index is -1.25. The Morgan fingerprint density at radius 3 is 2.71 bits per heavy atom. The summed E-state index contributed by atoms with van der Waals surface area (Å²) in [7, 11) is 1.45. The van der Waals surface area contributed by atoms with Crippen LogP contribution in [0.4, 0.5) is 0 Å². The van der Waals surface area contributed by atoms with Crippen LogP contribution in [0, 0.1) is 0 Å². The van der Waals surface area contributed by atoms with Crippen molar-refractivity contribution in [3.8, 4) is 11.4 Å². The molecule has 1 aliphatic heterocycles. The first-order valence-electron chi connectivity index (χ1n) is 7.38. The molecule has 1 amide bonds. The van der Waals surface area contributed by atoms with Gasteiger partial charge in [0.25, 0.3) is 5.91 Å². The molecule has 0 saturated carbocycles. The van der Waals surface area contributed by atoms with Crippen molar-refractivity contribution in [1.82, 2.24) is 15.1 Å². The van der Waals surface area contributed by atoms with Crippen LogP contribution in [0.15, 0.2) is 36.5 Å². The van der Waals surface area contributed by atoms with Crippen molar-refractivity contribution in [2.24, 2.45) is 0 Å². The molecule has 0 spiro atoms. The molecule has 126 valence electrons. The monoisotopic (exact) mass is 347 g/mol. The summed E-state index contributed by atoms with van der Waals surface area (Å²) in [6.45, 7) is 0. The number of aliphatic carboxylic acids is 1. The minimum absolute atomic E-state index is 0.0684. The third-order valence-electron chi connectivity index (χ3n) is 3.92. The molecule has 1 saturated heterocycles. The molecule has 2 heterocycles. The number of carbonyl (C=O) groups excluding carboxylic acids is 1. The molecule has 1 aliphatic rings. The van der Waals surface area contributed by atoms with Crippen LogP contribution in [0.5, 0.6) is 5.75 Å². The lowest BCUT2D eigenvalue weighted by atomic mass is 9.99. The van der Waals surface area contributed by atoms with Crippen LogP contribution < -0.4 is 10.1 Å². The summed E-state index contributed by atoms with van der Waals surface area (Å²) in [5, 5.41) is 16.4. The summed E-state index contributed by atoms with van der Waals surface area (Å²) in [6.07, 6.45) is 1.99. The van der Waals surface area contributed by atoms with Crippen molar-refractivity contribution in [2.45, 2.75) is 12.0 Å². The van der Waals surface area contributed by atoms with Gasteiger partial charge in [0.05, 0.1) is 19.0 Å². The first-order chi connectivity index (χ1) is 11.6. The number of rotatable bonds is 5. The molecule has 0 aliphatic carbocycles. The zero-order valence-electron chi connectivity index (χ0n) is 13.1. The summed E-state index contributed by atoms with van der Waals surface area (Å²) in [5.41, 5.74) is -0.401. The highest BCUT2D eigenvalue weighted by molar-refractivity contribution is 7.99. The predicted octanol–water partition coefficient (Wildman–Crippen LogP) is 1.57. The van der Waals surface area contributed by atoms with Gasteiger partial charge in [0, 0.05) is 5.75 Å². The molecular weight excluding hydrogens is 330 g/mol. The molecule has 7 nitrogen and oxygen atoms in total. The van der Waals surface area contributed by atoms with Crippen LogP contribution in [0.1, 0.15) is 16.9 Å². The number of hydrogen-bond acceptors (Lipinski definition) is 5. The quantitative estimate of drug-likeness (QED) is 0.853. The molecule has 1 fully saturated rings. The van der Waals surface area contributed by atoms with Gasteiger partial charge in [-0.25, -0.2) is 9.48 Å². The standard InChI is InChI=1S/C16H17N3O4S/c1-23-12-9-19(11-5-3-2-4-6-11)18-13(12)14(20)17-16(15(21)22)7-8-24-10-16/h2-6,9H,7-8,10H2,1H3,(H,17,20)(H,21,22). The number of carboxylic acids is 1. The highest BCUT2D eigenvalue weighted by Crippen LogP contribution is 2.29. The Morgan fingerprint density at radius 1 is 1.38 bits per heavy atom. The van der Waals surface area contributed by atoms with E-state index in [-0.39, 0.29) is 5.69 Å². The van der Waals surface area contributed by atoms with Gasteiger partial charge in [-0.2, -0.15) is 16.9 Å². The Hall–Kier alpha value is -2.48. The Morgan fingerprint density at radius 2 is 2.12 bits per heavy atom. The van der Waals surface area contributed by atoms with Gasteiger partial charge >= 0.3 is 5.97 Å². The van der Waals surface area contributed by atoms with Gasteiger partial charge in [0.15, 0.2) is 11.4 Å². The number of aromatic nitrogens is 2. The van der Waals surface area contributed by atoms with Gasteiger partial charge in [-0.05, 0) is 24.3 Å². The number of hydrogen-bond donors (Lipinski definition) is 2. The van der Waals surface area contributed by atoms with Crippen molar-refractivity contribution < 1.29 is 19.4 Å². The van der Waals surface area contributed by atoms with Crippen molar-refractivity contribution >= 4 is 23.6 Å². The third-order valence-corrected chi connectivity index (χ3v) is 5.11. The Balaban J connectivity index is 1.90. The highest BCUT2D eigenvalue weighted by atomic mass is 32.2. The van der Waals surface area contributed by atoms with E-state index in [0.29, 0.717) is 23.7 Å². The maximum absolute atomic E-state index is 12.6. The van der Waals surface area contributed by atoms with Gasteiger partial charge in [-0.3, -0.25) is 4.79 Å². The number of amides is 1. The molecule has 2 N–H and O–H groups in total. The lowest BCUT2D eigenvalue weighted by molar-refractivity contribution is -0.143. The zero-order chi connectivity index (χ0) is 17.2. The topological polar surface area (TPSA) is 93.5 Å². The number of nitrogens with one attached hydrogen (secondary N) is 1. The van der Waals surface area contributed by atoms with Gasteiger partial charge < -0.3 is 15.2 Å². The summed E-state index contributed by atoms with van der Waals surface area (Å²) in [5.74, 6) is -0.242. The molecule has 0 bridgehead atoms. The molecular formula is C16H17N3O4S. The number of para-hydroxylation sites is 1. The lowest BCUT2D eigenvalue weighted by Gasteiger charge is -2.24. The molecule has 0 radical (unpaired) electrons. The highest BCUT2D eigenvalue weighted by Gasteiger charge is 2.44. The fourth-order valence-corrected chi connectivity index (χ4v) is 3.87. The summed E-state index contributed by atoms with van der Waals surface area (Å²) < 4.78 is 6.76. The number of ether oxygens (including phenoxy) is 1. The number of methoxy groups -OCH3 is 1. The van der Waals surface area contributed by atoms with Gasteiger partial charge in [-0.15, -0.1) is 0 Å². The fourth-order valence-electron chi connectivity index (χ4n) is 2.54. The molecule has 3 rings (SSSR count). The van der Waals surface area contributed by atoms with Crippen LogP contribution >= 0.6 is 11.8 Å². The molecule has 1 atom stereocenters. The normalized spacial score (nSPS) is 19.9. The second-order valence-corrected chi connectivity index (χ2v) is 6.58. The summed E-state index contributed by atoms with van der Waals surface area (Å²) >= 11 is 1.51. The van der Waals surface area contributed by atoms with Gasteiger partial charge in [0.2, 0.25) is 0 Å². The maximum atomic E-state index is 12.6. The maximum Gasteiger partial charge on any atom is 0.330 e. The largest absolute Gasteiger partial charge is 0.493 e. The molecule has 8 heteroatoms. The van der Waals surface area contributed by atoms with Gasteiger partial charge in [-0.1, -0.05) is 18.2 Å². The Kier molecular flexibility index (Phi) is 4.48. The number of carbonyl (C=O) groups is 2. The molecule has 1 unspecified atom stereocenters. The number of benzene rings is 1. The van der Waals surface area contributed by atoms with Crippen LogP contribution in [-0.4, -0.2) is 50.9 Å². The predicted molar refractivity (Wildman–Crippen MR) is 89.9 cm³/mol. The Bertz CT molecular complexity index is 754. The zero-order valence-corrected chi connectivity index (χ0v) is 13.9. The smallest absolute Gasteiger partial charge is 0.330 e. The van der Waals surface area contributed by atoms with Gasteiger partial charge in [0.1, 0.15) is 5.54 Å². The van der Waals surface area contributed by atoms with Crippen molar-refractivity contribution in [2.75, 3.05) is 18.6 Å². The Labute approximate surface area is 143 Å². The molecule has 2 aromatic rings. The van der Waals surface area contributed by atoms with E-state index in [4.69, 9.17) is 4.74 Å². The second-order valence-electron chi connectivity index (χ2n) is 5.47. The average molecular weight is 347 g/mol. The number of nitrogens with zero attached hydrogens (tertiary/aromatic N) is 2. The first-order valence-corrected chi connectivity index (χ1v) is 8.54. The van der Waals surface area contributed by atoms with Crippen LogP contribution in [0.3, 0.4) is 0 Å². The minimum Gasteiger partial charge on any atom is -0.493 e. The summed E-state index contributed by atoms with van der Waals surface area (Å²) in [6, 6.07) is 9.30. The first kappa shape index (κ1) is 16.4. The summed E-state index contributed by atoms with van der Waals surface area (Å²) in [4.78, 5) is 24.2. The second kappa shape index (κ2) is 6.56. The lowest BCUT2D eigenvalue weighted by Crippen LogP contribution is -2.54. The van der Waals surface area contributed by atoms with Crippen LogP contribution in [0.2, 0.25) is 0 Å². The molecule has 1 aromatic carbocycles. The number of thioether (sulfide) groups is 1. The van der Waals surface area contributed by atoms with E-state index < -0.39 is 17.4 Å². The number of carboxylic acid groups (broad SMARTS) is 1. The average Bonchev–Trinajstić information content (AvgIpc) is 3.23. The van der Waals surface area contributed by atoms with E-state index in [2.05, 4.69) is 10.4 Å². The van der Waals surface area contributed by atoms with E-state index in [1.807, 2.05) is 30.3 Å². The van der Waals surface area contributed by atoms with Crippen molar-refractivity contribution in [3.05, 3.63) is 42.2 Å². The third kappa shape index (κ3) is 2.96. The van der Waals surface area contributed by atoms with E-state index in [1.54, 1.807) is 6.20 Å². The van der Waals surface area contributed by atoms with E-state index in [0.717, 1.165) is 5.69 Å². The van der Waals surface area contributed by atoms with Crippen molar-refractivity contribution in [1.29, 1.82) is 0 Å². The van der Waals surface area contributed by atoms with Crippen LogP contribution in [0.25, 0.3) is 5.69 Å². The van der Waals surface area contributed by atoms with E-state index in [9.17, 15) is 14.7 Å².